The van der Waals surface area contributed by atoms with E-state index in [9.17, 15) is 19.1 Å². The molecule has 0 saturated heterocycles. The number of likely N-dealkylation sites (N-methyl/N-ethyl adjacent to an activating group) is 1. The molecule has 2 amide bonds. The first-order valence-electron chi connectivity index (χ1n) is 6.59. The maximum atomic E-state index is 13.0. The number of carbonyl (C=O) groups excluding carboxylic acids is 2. The van der Waals surface area contributed by atoms with Gasteiger partial charge in [-0.1, -0.05) is 30.3 Å². The number of benzene rings is 2. The van der Waals surface area contributed by atoms with Gasteiger partial charge in [-0.05, 0) is 23.8 Å². The van der Waals surface area contributed by atoms with Crippen LogP contribution in [0.25, 0.3) is 0 Å². The van der Waals surface area contributed by atoms with Gasteiger partial charge in [-0.25, -0.2) is 4.39 Å². The second-order valence-corrected chi connectivity index (χ2v) is 4.60. The van der Waals surface area contributed by atoms with E-state index in [4.69, 9.17) is 0 Å². The molecule has 2 aromatic carbocycles. The molecule has 3 N–H and O–H groups in total. The number of rotatable bonds is 4. The van der Waals surface area contributed by atoms with Crippen LogP contribution in [0.1, 0.15) is 22.0 Å². The van der Waals surface area contributed by atoms with E-state index in [2.05, 4.69) is 10.6 Å². The van der Waals surface area contributed by atoms with Gasteiger partial charge in [0.1, 0.15) is 6.04 Å². The number of phenolic OH excluding ortho intramolecular Hbond substituents is 1. The molecule has 1 unspecified atom stereocenters. The molecule has 0 fully saturated rings. The molecule has 22 heavy (non-hydrogen) atoms. The first-order valence-corrected chi connectivity index (χ1v) is 6.59. The van der Waals surface area contributed by atoms with Gasteiger partial charge in [-0.3, -0.25) is 9.59 Å². The molecule has 2 rings (SSSR count). The van der Waals surface area contributed by atoms with Crippen molar-refractivity contribution in [2.75, 3.05) is 7.05 Å². The molecule has 2 aromatic rings. The van der Waals surface area contributed by atoms with Crippen LogP contribution in [0.2, 0.25) is 0 Å². The van der Waals surface area contributed by atoms with Crippen molar-refractivity contribution in [2.45, 2.75) is 6.04 Å². The minimum Gasteiger partial charge on any atom is -0.505 e. The quantitative estimate of drug-likeness (QED) is 0.805. The fourth-order valence-electron chi connectivity index (χ4n) is 1.96. The predicted octanol–water partition coefficient (Wildman–Crippen LogP) is 1.75. The van der Waals surface area contributed by atoms with Gasteiger partial charge >= 0.3 is 0 Å². The van der Waals surface area contributed by atoms with E-state index < -0.39 is 23.5 Å². The Kier molecular flexibility index (Phi) is 4.73. The van der Waals surface area contributed by atoms with Crippen LogP contribution in [0.5, 0.6) is 5.75 Å². The van der Waals surface area contributed by atoms with E-state index in [1.807, 2.05) is 0 Å². The second-order valence-electron chi connectivity index (χ2n) is 4.60. The van der Waals surface area contributed by atoms with Crippen LogP contribution < -0.4 is 10.6 Å². The van der Waals surface area contributed by atoms with Gasteiger partial charge in [-0.15, -0.1) is 0 Å². The Morgan fingerprint density at radius 1 is 1.14 bits per heavy atom. The zero-order valence-electron chi connectivity index (χ0n) is 11.8. The lowest BCUT2D eigenvalue weighted by molar-refractivity contribution is -0.122. The van der Waals surface area contributed by atoms with Crippen molar-refractivity contribution >= 4 is 11.8 Å². The van der Waals surface area contributed by atoms with E-state index in [1.54, 1.807) is 30.3 Å². The largest absolute Gasteiger partial charge is 0.505 e. The number of halogens is 1. The molecule has 0 bridgehead atoms. The van der Waals surface area contributed by atoms with Crippen molar-refractivity contribution in [3.05, 3.63) is 65.5 Å². The lowest BCUT2D eigenvalue weighted by Crippen LogP contribution is -2.39. The minimum atomic E-state index is -0.883. The molecule has 0 aliphatic rings. The molecular weight excluding hydrogens is 287 g/mol. The second kappa shape index (κ2) is 6.71. The molecule has 0 heterocycles. The molecule has 0 saturated carbocycles. The topological polar surface area (TPSA) is 78.4 Å². The van der Waals surface area contributed by atoms with E-state index in [-0.39, 0.29) is 11.5 Å². The monoisotopic (exact) mass is 302 g/mol. The lowest BCUT2D eigenvalue weighted by Gasteiger charge is -2.17. The molecule has 0 spiro atoms. The molecule has 6 heteroatoms. The summed E-state index contributed by atoms with van der Waals surface area (Å²) in [5.74, 6) is -2.41. The average molecular weight is 302 g/mol. The highest BCUT2D eigenvalue weighted by Crippen LogP contribution is 2.18. The van der Waals surface area contributed by atoms with Crippen LogP contribution in [-0.2, 0) is 4.79 Å². The minimum absolute atomic E-state index is 0.0590. The summed E-state index contributed by atoms with van der Waals surface area (Å²) in [6.07, 6.45) is 0. The molecule has 0 aliphatic carbocycles. The Bertz CT molecular complexity index is 689. The molecular formula is C16H15FN2O3. The number of hydrogen-bond acceptors (Lipinski definition) is 3. The third-order valence-corrected chi connectivity index (χ3v) is 3.13. The van der Waals surface area contributed by atoms with Crippen LogP contribution >= 0.6 is 0 Å². The summed E-state index contributed by atoms with van der Waals surface area (Å²) in [5.41, 5.74) is 0.672. The van der Waals surface area contributed by atoms with Crippen molar-refractivity contribution in [3.63, 3.8) is 0 Å². The highest BCUT2D eigenvalue weighted by Gasteiger charge is 2.22. The Hall–Kier alpha value is -2.89. The number of phenols is 1. The third-order valence-electron chi connectivity index (χ3n) is 3.13. The van der Waals surface area contributed by atoms with Gasteiger partial charge in [0.25, 0.3) is 5.91 Å². The SMILES string of the molecule is CNC(=O)C(NC(=O)c1ccc(F)c(O)c1)c1ccccc1. The van der Waals surface area contributed by atoms with E-state index in [0.717, 1.165) is 12.1 Å². The summed E-state index contributed by atoms with van der Waals surface area (Å²) in [4.78, 5) is 24.2. The van der Waals surface area contributed by atoms with Crippen LogP contribution in [-0.4, -0.2) is 24.0 Å². The Morgan fingerprint density at radius 3 is 2.41 bits per heavy atom. The average Bonchev–Trinajstić information content (AvgIpc) is 2.55. The Balaban J connectivity index is 2.25. The highest BCUT2D eigenvalue weighted by molar-refractivity contribution is 5.98. The summed E-state index contributed by atoms with van der Waals surface area (Å²) < 4.78 is 13.0. The number of nitrogens with one attached hydrogen (secondary N) is 2. The van der Waals surface area contributed by atoms with Crippen molar-refractivity contribution in [2.24, 2.45) is 0 Å². The predicted molar refractivity (Wildman–Crippen MR) is 78.8 cm³/mol. The van der Waals surface area contributed by atoms with Crippen molar-refractivity contribution in [1.82, 2.24) is 10.6 Å². The van der Waals surface area contributed by atoms with Gasteiger partial charge in [0.15, 0.2) is 11.6 Å². The van der Waals surface area contributed by atoms with Crippen molar-refractivity contribution in [3.8, 4) is 5.75 Å². The summed E-state index contributed by atoms with van der Waals surface area (Å²) in [6.45, 7) is 0. The number of hydrogen-bond donors (Lipinski definition) is 3. The number of aromatic hydroxyl groups is 1. The molecule has 0 radical (unpaired) electrons. The fourth-order valence-corrected chi connectivity index (χ4v) is 1.96. The van der Waals surface area contributed by atoms with E-state index in [0.29, 0.717) is 5.56 Å². The normalized spacial score (nSPS) is 11.5. The maximum Gasteiger partial charge on any atom is 0.252 e. The standard InChI is InChI=1S/C16H15FN2O3/c1-18-16(22)14(10-5-3-2-4-6-10)19-15(21)11-7-8-12(17)13(20)9-11/h2-9,14,20H,1H3,(H,18,22)(H,19,21). The van der Waals surface area contributed by atoms with Gasteiger partial charge in [-0.2, -0.15) is 0 Å². The highest BCUT2D eigenvalue weighted by atomic mass is 19.1. The van der Waals surface area contributed by atoms with Gasteiger partial charge in [0.2, 0.25) is 5.91 Å². The summed E-state index contributed by atoms with van der Waals surface area (Å²) >= 11 is 0. The zero-order chi connectivity index (χ0) is 16.1. The summed E-state index contributed by atoms with van der Waals surface area (Å²) in [7, 11) is 1.47. The van der Waals surface area contributed by atoms with E-state index >= 15 is 0 Å². The van der Waals surface area contributed by atoms with Crippen molar-refractivity contribution < 1.29 is 19.1 Å². The molecule has 5 nitrogen and oxygen atoms in total. The summed E-state index contributed by atoms with van der Waals surface area (Å²) in [5, 5.41) is 14.4. The van der Waals surface area contributed by atoms with Gasteiger partial charge in [0.05, 0.1) is 0 Å². The van der Waals surface area contributed by atoms with Crippen molar-refractivity contribution in [1.29, 1.82) is 0 Å². The van der Waals surface area contributed by atoms with Crippen LogP contribution in [0.15, 0.2) is 48.5 Å². The van der Waals surface area contributed by atoms with E-state index in [1.165, 1.54) is 13.1 Å². The molecule has 0 aromatic heterocycles. The summed E-state index contributed by atoms with van der Waals surface area (Å²) in [6, 6.07) is 11.1. The van der Waals surface area contributed by atoms with Crippen LogP contribution in [0.3, 0.4) is 0 Å². The first kappa shape index (κ1) is 15.5. The van der Waals surface area contributed by atoms with Crippen LogP contribution in [0.4, 0.5) is 4.39 Å². The fraction of sp³-hybridized carbons (Fsp3) is 0.125. The lowest BCUT2D eigenvalue weighted by atomic mass is 10.1. The van der Waals surface area contributed by atoms with Gasteiger partial charge in [0, 0.05) is 12.6 Å². The molecule has 0 aliphatic heterocycles. The number of carbonyl (C=O) groups is 2. The third kappa shape index (κ3) is 3.41. The number of amides is 2. The first-order chi connectivity index (χ1) is 10.5. The molecule has 1 atom stereocenters. The smallest absolute Gasteiger partial charge is 0.252 e. The Morgan fingerprint density at radius 2 is 1.82 bits per heavy atom. The maximum absolute atomic E-state index is 13.0. The van der Waals surface area contributed by atoms with Gasteiger partial charge < -0.3 is 15.7 Å². The zero-order valence-corrected chi connectivity index (χ0v) is 11.8. The van der Waals surface area contributed by atoms with Crippen LogP contribution in [0, 0.1) is 5.82 Å². The molecule has 114 valence electrons. The Labute approximate surface area is 126 Å².